The molecular formula is C9H13N3O4. The van der Waals surface area contributed by atoms with Crippen LogP contribution in [0.5, 0.6) is 0 Å². The molecule has 16 heavy (non-hydrogen) atoms. The highest BCUT2D eigenvalue weighted by atomic mass is 16.6. The average Bonchev–Trinajstić information content (AvgIpc) is 2.28. The molecule has 4 N–H and O–H groups in total. The molecule has 0 aliphatic heterocycles. The summed E-state index contributed by atoms with van der Waals surface area (Å²) >= 11 is 0. The van der Waals surface area contributed by atoms with Gasteiger partial charge in [0.2, 0.25) is 0 Å². The van der Waals surface area contributed by atoms with Crippen LogP contribution < -0.4 is 5.73 Å². The fourth-order valence-electron chi connectivity index (χ4n) is 1.30. The molecule has 7 nitrogen and oxygen atoms in total. The zero-order chi connectivity index (χ0) is 12.1. The highest BCUT2D eigenvalue weighted by Crippen LogP contribution is 2.25. The summed E-state index contributed by atoms with van der Waals surface area (Å²) in [6.45, 7) is 0.179. The van der Waals surface area contributed by atoms with Crippen LogP contribution >= 0.6 is 0 Å². The SMILES string of the molecule is NCCC(O)C(O)c1ncccc1[N+](=O)[O-]. The Morgan fingerprint density at radius 2 is 2.25 bits per heavy atom. The van der Waals surface area contributed by atoms with Crippen LogP contribution in [-0.4, -0.2) is 32.8 Å². The van der Waals surface area contributed by atoms with Gasteiger partial charge >= 0.3 is 0 Å². The Balaban J connectivity index is 2.98. The number of hydrogen-bond acceptors (Lipinski definition) is 6. The monoisotopic (exact) mass is 227 g/mol. The molecule has 1 rings (SSSR count). The lowest BCUT2D eigenvalue weighted by Crippen LogP contribution is -2.23. The minimum absolute atomic E-state index is 0.145. The van der Waals surface area contributed by atoms with Crippen molar-refractivity contribution in [2.45, 2.75) is 18.6 Å². The number of nitrogens with zero attached hydrogens (tertiary/aromatic N) is 2. The number of pyridine rings is 1. The summed E-state index contributed by atoms with van der Waals surface area (Å²) in [5, 5.41) is 29.8. The van der Waals surface area contributed by atoms with Crippen molar-refractivity contribution in [2.75, 3.05) is 6.54 Å². The summed E-state index contributed by atoms with van der Waals surface area (Å²) in [4.78, 5) is 13.7. The van der Waals surface area contributed by atoms with Crippen molar-refractivity contribution in [1.82, 2.24) is 4.98 Å². The molecule has 0 fully saturated rings. The smallest absolute Gasteiger partial charge is 0.293 e. The molecule has 1 aromatic rings. The van der Waals surface area contributed by atoms with Gasteiger partial charge in [-0.25, -0.2) is 0 Å². The van der Waals surface area contributed by atoms with Crippen molar-refractivity contribution in [2.24, 2.45) is 5.73 Å². The third-order valence-electron chi connectivity index (χ3n) is 2.12. The normalized spacial score (nSPS) is 14.4. The fourth-order valence-corrected chi connectivity index (χ4v) is 1.30. The molecule has 0 spiro atoms. The summed E-state index contributed by atoms with van der Waals surface area (Å²) < 4.78 is 0. The van der Waals surface area contributed by atoms with Gasteiger partial charge in [-0.15, -0.1) is 0 Å². The van der Waals surface area contributed by atoms with Gasteiger partial charge in [0.1, 0.15) is 11.8 Å². The lowest BCUT2D eigenvalue weighted by Gasteiger charge is -2.16. The number of aromatic nitrogens is 1. The Kier molecular flexibility index (Phi) is 4.29. The van der Waals surface area contributed by atoms with Crippen LogP contribution in [0.1, 0.15) is 18.2 Å². The number of nitrogens with two attached hydrogens (primary N) is 1. The molecule has 2 unspecified atom stereocenters. The van der Waals surface area contributed by atoms with E-state index in [0.717, 1.165) is 0 Å². The van der Waals surface area contributed by atoms with Crippen molar-refractivity contribution in [3.05, 3.63) is 34.1 Å². The number of aliphatic hydroxyl groups is 2. The Morgan fingerprint density at radius 1 is 1.56 bits per heavy atom. The molecule has 0 aromatic carbocycles. The molecule has 0 radical (unpaired) electrons. The van der Waals surface area contributed by atoms with Gasteiger partial charge in [-0.05, 0) is 19.0 Å². The van der Waals surface area contributed by atoms with Crippen LogP contribution in [0, 0.1) is 10.1 Å². The van der Waals surface area contributed by atoms with Crippen molar-refractivity contribution in [1.29, 1.82) is 0 Å². The van der Waals surface area contributed by atoms with E-state index in [2.05, 4.69) is 4.98 Å². The first-order valence-corrected chi connectivity index (χ1v) is 4.73. The molecule has 88 valence electrons. The highest BCUT2D eigenvalue weighted by molar-refractivity contribution is 5.36. The molecule has 0 saturated heterocycles. The van der Waals surface area contributed by atoms with E-state index in [1.54, 1.807) is 0 Å². The van der Waals surface area contributed by atoms with Crippen molar-refractivity contribution >= 4 is 5.69 Å². The second kappa shape index (κ2) is 5.50. The van der Waals surface area contributed by atoms with Gasteiger partial charge in [-0.1, -0.05) is 0 Å². The Morgan fingerprint density at radius 3 is 2.81 bits per heavy atom. The number of aliphatic hydroxyl groups excluding tert-OH is 2. The van der Waals surface area contributed by atoms with Gasteiger partial charge in [0, 0.05) is 12.3 Å². The minimum Gasteiger partial charge on any atom is -0.390 e. The Bertz CT molecular complexity index is 372. The van der Waals surface area contributed by atoms with E-state index in [4.69, 9.17) is 5.73 Å². The summed E-state index contributed by atoms with van der Waals surface area (Å²) in [5.74, 6) is 0. The van der Waals surface area contributed by atoms with Crippen LogP contribution in [0.25, 0.3) is 0 Å². The average molecular weight is 227 g/mol. The van der Waals surface area contributed by atoms with Gasteiger partial charge in [0.25, 0.3) is 5.69 Å². The third kappa shape index (κ3) is 2.72. The third-order valence-corrected chi connectivity index (χ3v) is 2.12. The molecule has 7 heteroatoms. The first-order chi connectivity index (χ1) is 7.57. The maximum atomic E-state index is 10.7. The predicted octanol–water partition coefficient (Wildman–Crippen LogP) is -0.267. The molecule has 0 bridgehead atoms. The van der Waals surface area contributed by atoms with Gasteiger partial charge in [0.05, 0.1) is 11.0 Å². The van der Waals surface area contributed by atoms with E-state index >= 15 is 0 Å². The van der Waals surface area contributed by atoms with E-state index in [1.807, 2.05) is 0 Å². The van der Waals surface area contributed by atoms with Gasteiger partial charge < -0.3 is 15.9 Å². The van der Waals surface area contributed by atoms with Crippen molar-refractivity contribution in [3.63, 3.8) is 0 Å². The van der Waals surface area contributed by atoms with Gasteiger partial charge in [-0.2, -0.15) is 0 Å². The van der Waals surface area contributed by atoms with E-state index in [1.165, 1.54) is 18.3 Å². The van der Waals surface area contributed by atoms with Gasteiger partial charge in [-0.3, -0.25) is 15.1 Å². The van der Waals surface area contributed by atoms with Crippen LogP contribution in [0.3, 0.4) is 0 Å². The van der Waals surface area contributed by atoms with Crippen molar-refractivity contribution in [3.8, 4) is 0 Å². The Labute approximate surface area is 91.7 Å². The Hall–Kier alpha value is -1.57. The van der Waals surface area contributed by atoms with E-state index < -0.39 is 17.1 Å². The summed E-state index contributed by atoms with van der Waals surface area (Å²) in [6.07, 6.45) is -1.08. The summed E-state index contributed by atoms with van der Waals surface area (Å²) in [5.41, 5.74) is 4.76. The number of nitro groups is 1. The first-order valence-electron chi connectivity index (χ1n) is 4.73. The topological polar surface area (TPSA) is 123 Å². The molecule has 2 atom stereocenters. The van der Waals surface area contributed by atoms with E-state index in [9.17, 15) is 20.3 Å². The first kappa shape index (κ1) is 12.5. The largest absolute Gasteiger partial charge is 0.390 e. The molecule has 0 aliphatic rings. The zero-order valence-corrected chi connectivity index (χ0v) is 8.48. The lowest BCUT2D eigenvalue weighted by atomic mass is 10.1. The lowest BCUT2D eigenvalue weighted by molar-refractivity contribution is -0.386. The maximum absolute atomic E-state index is 10.7. The number of hydrogen-bond donors (Lipinski definition) is 3. The molecule has 0 amide bonds. The second-order valence-electron chi connectivity index (χ2n) is 3.25. The fraction of sp³-hybridized carbons (Fsp3) is 0.444. The molecule has 0 saturated carbocycles. The summed E-state index contributed by atoms with van der Waals surface area (Å²) in [7, 11) is 0. The number of rotatable bonds is 5. The van der Waals surface area contributed by atoms with Crippen molar-refractivity contribution < 1.29 is 15.1 Å². The van der Waals surface area contributed by atoms with Crippen LogP contribution in [0.2, 0.25) is 0 Å². The molecule has 0 aliphatic carbocycles. The quantitative estimate of drug-likeness (QED) is 0.470. The van der Waals surface area contributed by atoms with E-state index in [0.29, 0.717) is 0 Å². The molecular weight excluding hydrogens is 214 g/mol. The van der Waals surface area contributed by atoms with Gasteiger partial charge in [0.15, 0.2) is 0 Å². The highest BCUT2D eigenvalue weighted by Gasteiger charge is 2.26. The standard InChI is InChI=1S/C9H13N3O4/c10-4-3-7(13)9(14)8-6(12(15)16)2-1-5-11-8/h1-2,5,7,9,13-14H,3-4,10H2. The predicted molar refractivity (Wildman–Crippen MR) is 55.5 cm³/mol. The maximum Gasteiger partial charge on any atom is 0.293 e. The van der Waals surface area contributed by atoms with Crippen LogP contribution in [0.15, 0.2) is 18.3 Å². The van der Waals surface area contributed by atoms with E-state index in [-0.39, 0.29) is 24.3 Å². The summed E-state index contributed by atoms with van der Waals surface area (Å²) in [6, 6.07) is 2.62. The zero-order valence-electron chi connectivity index (χ0n) is 8.48. The van der Waals surface area contributed by atoms with Crippen LogP contribution in [0.4, 0.5) is 5.69 Å². The minimum atomic E-state index is -1.40. The molecule has 1 heterocycles. The van der Waals surface area contributed by atoms with Crippen LogP contribution in [-0.2, 0) is 0 Å². The molecule has 1 aromatic heterocycles. The second-order valence-corrected chi connectivity index (χ2v) is 3.25.